The summed E-state index contributed by atoms with van der Waals surface area (Å²) in [6.45, 7) is 4.93. The van der Waals surface area contributed by atoms with Crippen LogP contribution in [-0.2, 0) is 32.8 Å². The molecule has 0 aliphatic heterocycles. The minimum absolute atomic E-state index is 0.0522. The van der Waals surface area contributed by atoms with E-state index in [9.17, 15) is 22.4 Å². The van der Waals surface area contributed by atoms with Crippen LogP contribution in [0.15, 0.2) is 78.9 Å². The molecule has 3 rings (SSSR count). The zero-order valence-corrected chi connectivity index (χ0v) is 24.4. The second kappa shape index (κ2) is 13.5. The summed E-state index contributed by atoms with van der Waals surface area (Å²) in [5, 5.41) is 2.91. The standard InChI is InChI=1S/C30H37FN4O4S/c1-22(2)32-30(37)28(19-24-13-7-6-8-14-24)34(20-25-15-11-12-23(3)18-25)29(36)21-35(40(38,39)33(4)5)27-17-10-9-16-26(27)31/h6-18,22,28H,19-21H2,1-5H3,(H,32,37)/t28-/m0/s1. The van der Waals surface area contributed by atoms with Crippen molar-refractivity contribution in [2.45, 2.75) is 45.8 Å². The molecule has 40 heavy (non-hydrogen) atoms. The first-order chi connectivity index (χ1) is 18.9. The minimum Gasteiger partial charge on any atom is -0.352 e. The maximum atomic E-state index is 14.9. The van der Waals surface area contributed by atoms with Crippen molar-refractivity contribution in [1.82, 2.24) is 14.5 Å². The molecule has 0 heterocycles. The first-order valence-corrected chi connectivity index (χ1v) is 14.4. The fraction of sp³-hybridized carbons (Fsp3) is 0.333. The third-order valence-electron chi connectivity index (χ3n) is 6.28. The van der Waals surface area contributed by atoms with Crippen molar-refractivity contribution in [3.05, 3.63) is 101 Å². The van der Waals surface area contributed by atoms with Crippen molar-refractivity contribution in [3.8, 4) is 0 Å². The van der Waals surface area contributed by atoms with E-state index >= 15 is 0 Å². The van der Waals surface area contributed by atoms with Crippen LogP contribution in [-0.4, -0.2) is 62.2 Å². The molecule has 0 unspecified atom stereocenters. The van der Waals surface area contributed by atoms with Crippen molar-refractivity contribution < 1.29 is 22.4 Å². The van der Waals surface area contributed by atoms with Crippen LogP contribution in [0.4, 0.5) is 10.1 Å². The molecule has 0 saturated heterocycles. The van der Waals surface area contributed by atoms with Crippen LogP contribution in [0.3, 0.4) is 0 Å². The van der Waals surface area contributed by atoms with E-state index in [-0.39, 0.29) is 30.6 Å². The molecule has 3 aromatic rings. The van der Waals surface area contributed by atoms with Gasteiger partial charge in [0.1, 0.15) is 18.4 Å². The molecule has 0 aliphatic carbocycles. The number of anilines is 1. The quantitative estimate of drug-likeness (QED) is 0.359. The van der Waals surface area contributed by atoms with Gasteiger partial charge < -0.3 is 10.2 Å². The van der Waals surface area contributed by atoms with E-state index in [0.717, 1.165) is 31.4 Å². The Bertz CT molecular complexity index is 1410. The third-order valence-corrected chi connectivity index (χ3v) is 8.08. The molecule has 0 fully saturated rings. The molecule has 0 aliphatic rings. The Balaban J connectivity index is 2.11. The van der Waals surface area contributed by atoms with Gasteiger partial charge in [0.25, 0.3) is 0 Å². The topological polar surface area (TPSA) is 90.0 Å². The summed E-state index contributed by atoms with van der Waals surface area (Å²) in [7, 11) is -1.64. The van der Waals surface area contributed by atoms with E-state index in [4.69, 9.17) is 0 Å². The Morgan fingerprint density at radius 1 is 0.900 bits per heavy atom. The number of hydrogen-bond acceptors (Lipinski definition) is 4. The van der Waals surface area contributed by atoms with Crippen LogP contribution in [0.5, 0.6) is 0 Å². The Kier molecular flexibility index (Phi) is 10.4. The molecule has 10 heteroatoms. The highest BCUT2D eigenvalue weighted by atomic mass is 32.2. The number of nitrogens with zero attached hydrogens (tertiary/aromatic N) is 3. The number of benzene rings is 3. The fourth-order valence-corrected chi connectivity index (χ4v) is 5.36. The molecule has 0 aromatic heterocycles. The van der Waals surface area contributed by atoms with Crippen LogP contribution in [0.2, 0.25) is 0 Å². The van der Waals surface area contributed by atoms with Gasteiger partial charge in [0.2, 0.25) is 11.8 Å². The van der Waals surface area contributed by atoms with E-state index < -0.39 is 34.5 Å². The summed E-state index contributed by atoms with van der Waals surface area (Å²) in [4.78, 5) is 29.1. The molecule has 214 valence electrons. The van der Waals surface area contributed by atoms with Crippen LogP contribution in [0.25, 0.3) is 0 Å². The number of para-hydroxylation sites is 1. The number of nitrogens with one attached hydrogen (secondary N) is 1. The molecule has 3 aromatic carbocycles. The van der Waals surface area contributed by atoms with Crippen LogP contribution in [0.1, 0.15) is 30.5 Å². The zero-order chi connectivity index (χ0) is 29.4. The first-order valence-electron chi connectivity index (χ1n) is 13.0. The van der Waals surface area contributed by atoms with E-state index in [0.29, 0.717) is 0 Å². The maximum Gasteiger partial charge on any atom is 0.304 e. The van der Waals surface area contributed by atoms with E-state index in [1.165, 1.54) is 37.2 Å². The fourth-order valence-electron chi connectivity index (χ4n) is 4.30. The average molecular weight is 569 g/mol. The van der Waals surface area contributed by atoms with Gasteiger partial charge >= 0.3 is 10.2 Å². The molecule has 0 bridgehead atoms. The number of rotatable bonds is 12. The normalized spacial score (nSPS) is 12.3. The van der Waals surface area contributed by atoms with Crippen molar-refractivity contribution in [2.75, 3.05) is 24.9 Å². The Hall–Kier alpha value is -3.76. The molecule has 1 N–H and O–H groups in total. The highest BCUT2D eigenvalue weighted by Gasteiger charge is 2.35. The van der Waals surface area contributed by atoms with Gasteiger partial charge in [0.05, 0.1) is 5.69 Å². The van der Waals surface area contributed by atoms with Crippen molar-refractivity contribution >= 4 is 27.7 Å². The van der Waals surface area contributed by atoms with Crippen molar-refractivity contribution in [2.24, 2.45) is 0 Å². The Labute approximate surface area is 236 Å². The second-order valence-corrected chi connectivity index (χ2v) is 12.2. The van der Waals surface area contributed by atoms with Gasteiger partial charge in [-0.15, -0.1) is 0 Å². The SMILES string of the molecule is Cc1cccc(CN(C(=O)CN(c2ccccc2F)S(=O)(=O)N(C)C)[C@@H](Cc2ccccc2)C(=O)NC(C)C)c1. The molecular weight excluding hydrogens is 531 g/mol. The van der Waals surface area contributed by atoms with Gasteiger partial charge in [-0.25, -0.2) is 8.70 Å². The average Bonchev–Trinajstić information content (AvgIpc) is 2.89. The number of amides is 2. The van der Waals surface area contributed by atoms with Gasteiger partial charge in [-0.1, -0.05) is 72.3 Å². The summed E-state index contributed by atoms with van der Waals surface area (Å²) in [6.07, 6.45) is 0.205. The highest BCUT2D eigenvalue weighted by Crippen LogP contribution is 2.24. The zero-order valence-electron chi connectivity index (χ0n) is 23.5. The lowest BCUT2D eigenvalue weighted by Crippen LogP contribution is -2.55. The third kappa shape index (κ3) is 7.89. The number of halogens is 1. The largest absolute Gasteiger partial charge is 0.352 e. The van der Waals surface area contributed by atoms with E-state index in [2.05, 4.69) is 5.32 Å². The number of carbonyl (C=O) groups excluding carboxylic acids is 2. The van der Waals surface area contributed by atoms with Gasteiger partial charge in [-0.05, 0) is 44.0 Å². The van der Waals surface area contributed by atoms with E-state index in [1.807, 2.05) is 75.4 Å². The molecule has 8 nitrogen and oxygen atoms in total. The number of hydrogen-bond donors (Lipinski definition) is 1. The lowest BCUT2D eigenvalue weighted by Gasteiger charge is -2.34. The maximum absolute atomic E-state index is 14.9. The minimum atomic E-state index is -4.27. The Morgan fingerprint density at radius 3 is 2.12 bits per heavy atom. The monoisotopic (exact) mass is 568 g/mol. The predicted octanol–water partition coefficient (Wildman–Crippen LogP) is 3.91. The molecular formula is C30H37FN4O4S. The highest BCUT2D eigenvalue weighted by molar-refractivity contribution is 7.90. The summed E-state index contributed by atoms with van der Waals surface area (Å²) >= 11 is 0. The number of carbonyl (C=O) groups is 2. The molecule has 0 radical (unpaired) electrons. The lowest BCUT2D eigenvalue weighted by atomic mass is 10.0. The molecule has 0 spiro atoms. The number of aryl methyl sites for hydroxylation is 1. The lowest BCUT2D eigenvalue weighted by molar-refractivity contribution is -0.140. The van der Waals surface area contributed by atoms with Crippen molar-refractivity contribution in [3.63, 3.8) is 0 Å². The molecule has 0 saturated carbocycles. The van der Waals surface area contributed by atoms with Crippen molar-refractivity contribution in [1.29, 1.82) is 0 Å². The summed E-state index contributed by atoms with van der Waals surface area (Å²) < 4.78 is 43.2. The van der Waals surface area contributed by atoms with Gasteiger partial charge in [0.15, 0.2) is 0 Å². The molecule has 1 atom stereocenters. The molecule has 2 amide bonds. The Morgan fingerprint density at radius 2 is 1.52 bits per heavy atom. The van der Waals surface area contributed by atoms with Gasteiger partial charge in [-0.3, -0.25) is 9.59 Å². The summed E-state index contributed by atoms with van der Waals surface area (Å²) in [5.41, 5.74) is 2.32. The van der Waals surface area contributed by atoms with Gasteiger partial charge in [0, 0.05) is 33.1 Å². The van der Waals surface area contributed by atoms with Crippen LogP contribution >= 0.6 is 0 Å². The second-order valence-electron chi connectivity index (χ2n) is 10.1. The smallest absolute Gasteiger partial charge is 0.304 e. The summed E-state index contributed by atoms with van der Waals surface area (Å²) in [6, 6.07) is 21.1. The van der Waals surface area contributed by atoms with Crippen LogP contribution < -0.4 is 9.62 Å². The van der Waals surface area contributed by atoms with Gasteiger partial charge in [-0.2, -0.15) is 12.7 Å². The van der Waals surface area contributed by atoms with E-state index in [1.54, 1.807) is 0 Å². The summed E-state index contributed by atoms with van der Waals surface area (Å²) in [5.74, 6) is -1.80. The predicted molar refractivity (Wildman–Crippen MR) is 155 cm³/mol. The van der Waals surface area contributed by atoms with Crippen LogP contribution in [0, 0.1) is 12.7 Å². The first kappa shape index (κ1) is 30.8.